The Morgan fingerprint density at radius 1 is 0.417 bits per heavy atom. The highest BCUT2D eigenvalue weighted by atomic mass is 16.3. The van der Waals surface area contributed by atoms with Gasteiger partial charge in [0.2, 0.25) is 0 Å². The van der Waals surface area contributed by atoms with Crippen LogP contribution < -0.4 is 0 Å². The number of rotatable bonds is 9. The van der Waals surface area contributed by atoms with Gasteiger partial charge in [0, 0.05) is 43.9 Å². The third-order valence-corrected chi connectivity index (χ3v) is 11.7. The van der Waals surface area contributed by atoms with Crippen molar-refractivity contribution in [2.24, 2.45) is 0 Å². The van der Waals surface area contributed by atoms with Gasteiger partial charge in [0.1, 0.15) is 11.2 Å². The number of hydrogen-bond acceptors (Lipinski definition) is 4. The van der Waals surface area contributed by atoms with Crippen LogP contribution >= 0.6 is 0 Å². The molecule has 5 heteroatoms. The van der Waals surface area contributed by atoms with Gasteiger partial charge >= 0.3 is 0 Å². The average molecular weight is 773 g/mol. The number of benzene rings is 8. The van der Waals surface area contributed by atoms with E-state index in [4.69, 9.17) is 19.4 Å². The summed E-state index contributed by atoms with van der Waals surface area (Å²) in [7, 11) is 0. The Hall–Kier alpha value is -7.63. The first-order valence-electron chi connectivity index (χ1n) is 20.7. The number of nitrogens with zero attached hydrogens (tertiary/aromatic N) is 4. The number of fused-ring (bicyclic) bond motifs is 6. The van der Waals surface area contributed by atoms with E-state index in [1.54, 1.807) is 0 Å². The van der Waals surface area contributed by atoms with Crippen LogP contribution in [0.15, 0.2) is 192 Å². The third-order valence-electron chi connectivity index (χ3n) is 11.7. The van der Waals surface area contributed by atoms with Crippen LogP contribution in [0.5, 0.6) is 0 Å². The maximum atomic E-state index is 6.46. The summed E-state index contributed by atoms with van der Waals surface area (Å²) in [6.45, 7) is 2.24. The van der Waals surface area contributed by atoms with Crippen molar-refractivity contribution in [3.63, 3.8) is 0 Å². The molecule has 0 aliphatic carbocycles. The predicted molar refractivity (Wildman–Crippen MR) is 247 cm³/mol. The van der Waals surface area contributed by atoms with Gasteiger partial charge in [0.05, 0.1) is 11.0 Å². The summed E-state index contributed by atoms with van der Waals surface area (Å²) >= 11 is 0. The molecule has 286 valence electrons. The highest BCUT2D eigenvalue weighted by Crippen LogP contribution is 2.39. The Labute approximate surface area is 348 Å². The monoisotopic (exact) mass is 772 g/mol. The van der Waals surface area contributed by atoms with Crippen molar-refractivity contribution in [1.29, 1.82) is 0 Å². The van der Waals surface area contributed by atoms with E-state index in [1.807, 2.05) is 60.7 Å². The minimum atomic E-state index is 0.639. The van der Waals surface area contributed by atoms with Crippen LogP contribution in [0.4, 0.5) is 0 Å². The molecule has 0 bridgehead atoms. The zero-order valence-corrected chi connectivity index (χ0v) is 33.2. The molecule has 0 fully saturated rings. The molecule has 0 spiro atoms. The van der Waals surface area contributed by atoms with Gasteiger partial charge < -0.3 is 8.98 Å². The normalized spacial score (nSPS) is 11.6. The van der Waals surface area contributed by atoms with E-state index in [-0.39, 0.29) is 0 Å². The zero-order chi connectivity index (χ0) is 40.0. The summed E-state index contributed by atoms with van der Waals surface area (Å²) in [4.78, 5) is 14.8. The van der Waals surface area contributed by atoms with Crippen LogP contribution in [0.2, 0.25) is 0 Å². The number of hydrogen-bond donors (Lipinski definition) is 0. The van der Waals surface area contributed by atoms with Crippen molar-refractivity contribution in [2.75, 3.05) is 0 Å². The van der Waals surface area contributed by atoms with Crippen molar-refractivity contribution in [3.8, 4) is 62.1 Å². The van der Waals surface area contributed by atoms with Gasteiger partial charge in [-0.05, 0) is 95.3 Å². The molecule has 0 unspecified atom stereocenters. The molecule has 3 aromatic heterocycles. The molecule has 0 atom stereocenters. The lowest BCUT2D eigenvalue weighted by molar-refractivity contribution is 0.668. The van der Waals surface area contributed by atoms with Crippen LogP contribution in [0, 0.1) is 0 Å². The molecule has 5 nitrogen and oxygen atoms in total. The number of para-hydroxylation sites is 1. The molecule has 60 heavy (non-hydrogen) atoms. The van der Waals surface area contributed by atoms with Gasteiger partial charge in [-0.25, -0.2) is 15.0 Å². The van der Waals surface area contributed by atoms with Gasteiger partial charge in [-0.15, -0.1) is 0 Å². The number of furan rings is 1. The standard InChI is InChI=1S/C55H40N4O/c1-2-3-14-37-19-13-24-50-52(37)46-31-27-42(35-51(46)60-50)41-28-32-49-47(34-41)45-22-10-11-23-48(45)59(49)44-29-25-36(26-30-44)40-20-12-21-43(33-40)55-57-53(38-15-6-4-7-16-38)56-54(58-55)39-17-8-5-9-18-39/h4-13,15-35H,2-3,14H2,1H3. The minimum Gasteiger partial charge on any atom is -0.456 e. The van der Waals surface area contributed by atoms with E-state index in [0.29, 0.717) is 17.5 Å². The van der Waals surface area contributed by atoms with Crippen LogP contribution in [0.25, 0.3) is 106 Å². The fraction of sp³-hybridized carbons (Fsp3) is 0.0727. The lowest BCUT2D eigenvalue weighted by atomic mass is 9.99. The molecule has 0 amide bonds. The fourth-order valence-electron chi connectivity index (χ4n) is 8.66. The maximum Gasteiger partial charge on any atom is 0.164 e. The Balaban J connectivity index is 0.942. The van der Waals surface area contributed by atoms with Crippen LogP contribution in [0.1, 0.15) is 25.3 Å². The summed E-state index contributed by atoms with van der Waals surface area (Å²) in [5.74, 6) is 1.94. The summed E-state index contributed by atoms with van der Waals surface area (Å²) in [5.41, 5.74) is 14.1. The van der Waals surface area contributed by atoms with Crippen LogP contribution in [0.3, 0.4) is 0 Å². The van der Waals surface area contributed by atoms with Crippen molar-refractivity contribution >= 4 is 43.7 Å². The molecule has 0 aliphatic rings. The third kappa shape index (κ3) is 6.32. The van der Waals surface area contributed by atoms with E-state index in [9.17, 15) is 0 Å². The molecule has 11 aromatic rings. The minimum absolute atomic E-state index is 0.639. The summed E-state index contributed by atoms with van der Waals surface area (Å²) in [6.07, 6.45) is 3.41. The zero-order valence-electron chi connectivity index (χ0n) is 33.2. The molecular weight excluding hydrogens is 733 g/mol. The molecule has 0 saturated heterocycles. The molecular formula is C55H40N4O. The second-order valence-electron chi connectivity index (χ2n) is 15.5. The Morgan fingerprint density at radius 3 is 1.75 bits per heavy atom. The molecule has 8 aromatic carbocycles. The topological polar surface area (TPSA) is 56.7 Å². The van der Waals surface area contributed by atoms with Crippen molar-refractivity contribution in [1.82, 2.24) is 19.5 Å². The van der Waals surface area contributed by atoms with Crippen LogP contribution in [-0.2, 0) is 6.42 Å². The van der Waals surface area contributed by atoms with Gasteiger partial charge in [0.25, 0.3) is 0 Å². The second-order valence-corrected chi connectivity index (χ2v) is 15.5. The lowest BCUT2D eigenvalue weighted by Gasteiger charge is -2.11. The Bertz CT molecular complexity index is 3290. The summed E-state index contributed by atoms with van der Waals surface area (Å²) in [5, 5.41) is 4.88. The SMILES string of the molecule is CCCCc1cccc2oc3cc(-c4ccc5c(c4)c4ccccc4n5-c4ccc(-c5cccc(-c6nc(-c7ccccc7)nc(-c7ccccc7)n6)c5)cc4)ccc3c12. The molecule has 0 radical (unpaired) electrons. The van der Waals surface area contributed by atoms with Crippen molar-refractivity contribution in [3.05, 3.63) is 194 Å². The lowest BCUT2D eigenvalue weighted by Crippen LogP contribution is -2.00. The highest BCUT2D eigenvalue weighted by molar-refractivity contribution is 6.11. The first-order valence-corrected chi connectivity index (χ1v) is 20.7. The van der Waals surface area contributed by atoms with Crippen LogP contribution in [-0.4, -0.2) is 19.5 Å². The summed E-state index contributed by atoms with van der Waals surface area (Å²) in [6, 6.07) is 66.2. The summed E-state index contributed by atoms with van der Waals surface area (Å²) < 4.78 is 8.83. The predicted octanol–water partition coefficient (Wildman–Crippen LogP) is 14.5. The largest absolute Gasteiger partial charge is 0.456 e. The van der Waals surface area contributed by atoms with Gasteiger partial charge in [-0.3, -0.25) is 0 Å². The molecule has 3 heterocycles. The van der Waals surface area contributed by atoms with E-state index < -0.39 is 0 Å². The maximum absolute atomic E-state index is 6.46. The molecule has 0 saturated carbocycles. The van der Waals surface area contributed by atoms with E-state index in [0.717, 1.165) is 56.7 Å². The Morgan fingerprint density at radius 2 is 1.00 bits per heavy atom. The van der Waals surface area contributed by atoms with Gasteiger partial charge in [-0.1, -0.05) is 147 Å². The molecule has 0 aliphatic heterocycles. The van der Waals surface area contributed by atoms with E-state index in [2.05, 4.69) is 139 Å². The second kappa shape index (κ2) is 14.9. The molecule has 0 N–H and O–H groups in total. The van der Waals surface area contributed by atoms with Gasteiger partial charge in [-0.2, -0.15) is 0 Å². The van der Waals surface area contributed by atoms with Crippen molar-refractivity contribution in [2.45, 2.75) is 26.2 Å². The highest BCUT2D eigenvalue weighted by Gasteiger charge is 2.17. The smallest absolute Gasteiger partial charge is 0.164 e. The number of aryl methyl sites for hydroxylation is 1. The first-order chi connectivity index (χ1) is 29.7. The van der Waals surface area contributed by atoms with E-state index >= 15 is 0 Å². The fourth-order valence-corrected chi connectivity index (χ4v) is 8.66. The average Bonchev–Trinajstić information content (AvgIpc) is 3.87. The molecule has 11 rings (SSSR count). The van der Waals surface area contributed by atoms with E-state index in [1.165, 1.54) is 56.5 Å². The Kier molecular flexibility index (Phi) is 8.85. The first kappa shape index (κ1) is 35.5. The quantitative estimate of drug-likeness (QED) is 0.147. The number of aromatic nitrogens is 4. The number of unbranched alkanes of at least 4 members (excludes halogenated alkanes) is 1. The van der Waals surface area contributed by atoms with Gasteiger partial charge in [0.15, 0.2) is 17.5 Å². The van der Waals surface area contributed by atoms with Crippen molar-refractivity contribution < 1.29 is 4.42 Å².